The maximum Gasteiger partial charge on any atom is 0.336 e. The summed E-state index contributed by atoms with van der Waals surface area (Å²) in [5.41, 5.74) is 0.795. The summed E-state index contributed by atoms with van der Waals surface area (Å²) in [6.07, 6.45) is 9.08. The van der Waals surface area contributed by atoms with Crippen molar-refractivity contribution in [3.05, 3.63) is 42.0 Å². The molecule has 1 radical (unpaired) electrons. The molecule has 0 saturated carbocycles. The Morgan fingerprint density at radius 1 is 1.32 bits per heavy atom. The zero-order valence-corrected chi connectivity index (χ0v) is 10.00. The van der Waals surface area contributed by atoms with Crippen LogP contribution in [0.5, 0.6) is 0 Å². The van der Waals surface area contributed by atoms with Gasteiger partial charge in [0, 0.05) is 12.1 Å². The van der Waals surface area contributed by atoms with E-state index in [1.165, 1.54) is 18.4 Å². The van der Waals surface area contributed by atoms with Gasteiger partial charge in [-0.15, -0.1) is 0 Å². The number of benzene rings is 1. The Morgan fingerprint density at radius 3 is 2.58 bits per heavy atom. The first-order chi connectivity index (χ1) is 9.19. The molecule has 5 heteroatoms. The first-order valence-corrected chi connectivity index (χ1v) is 5.34. The zero-order valence-electron chi connectivity index (χ0n) is 10.00. The summed E-state index contributed by atoms with van der Waals surface area (Å²) in [6, 6.07) is 10.1. The molecule has 1 aromatic carbocycles. The van der Waals surface area contributed by atoms with Crippen LogP contribution >= 0.6 is 0 Å². The minimum atomic E-state index is -0.839. The molecule has 0 spiro atoms. The summed E-state index contributed by atoms with van der Waals surface area (Å²) in [5, 5.41) is 1.99. The van der Waals surface area contributed by atoms with Crippen molar-refractivity contribution in [2.24, 2.45) is 0 Å². The molecule has 0 aliphatic heterocycles. The summed E-state index contributed by atoms with van der Waals surface area (Å²) < 4.78 is 0. The normalized spacial score (nSPS) is 9.63. The van der Waals surface area contributed by atoms with Crippen LogP contribution in [0.1, 0.15) is 5.56 Å². The summed E-state index contributed by atoms with van der Waals surface area (Å²) >= 11 is 0. The highest BCUT2D eigenvalue weighted by Crippen LogP contribution is 2.02. The fraction of sp³-hybridized carbons (Fsp3) is 0.0714. The number of amides is 3. The van der Waals surface area contributed by atoms with Crippen LogP contribution in [0.25, 0.3) is 6.08 Å². The fourth-order valence-electron chi connectivity index (χ4n) is 1.27. The summed E-state index contributed by atoms with van der Waals surface area (Å²) in [6.45, 7) is -0.481. The molecule has 0 aromatic heterocycles. The van der Waals surface area contributed by atoms with Crippen molar-refractivity contribution in [2.45, 2.75) is 0 Å². The van der Waals surface area contributed by atoms with Gasteiger partial charge in [0.15, 0.2) is 0 Å². The number of urea groups is 1. The third-order valence-corrected chi connectivity index (χ3v) is 2.13. The maximum atomic E-state index is 11.8. The van der Waals surface area contributed by atoms with E-state index < -0.39 is 18.5 Å². The molecule has 0 bridgehead atoms. The van der Waals surface area contributed by atoms with Crippen molar-refractivity contribution in [3.63, 3.8) is 0 Å². The topological polar surface area (TPSA) is 66.5 Å². The first kappa shape index (κ1) is 14.2. The summed E-state index contributed by atoms with van der Waals surface area (Å²) in [5.74, 6) is -0.653. The third-order valence-electron chi connectivity index (χ3n) is 2.13. The molecule has 0 saturated heterocycles. The van der Waals surface area contributed by atoms with Gasteiger partial charge in [0.25, 0.3) is 5.91 Å². The second kappa shape index (κ2) is 7.45. The maximum absolute atomic E-state index is 11.8. The van der Waals surface area contributed by atoms with Gasteiger partial charge in [0.2, 0.25) is 6.29 Å². The number of hydrogen-bond donors (Lipinski definition) is 1. The van der Waals surface area contributed by atoms with Gasteiger partial charge in [-0.2, -0.15) is 0 Å². The van der Waals surface area contributed by atoms with E-state index in [0.29, 0.717) is 4.90 Å². The molecule has 0 aliphatic carbocycles. The lowest BCUT2D eigenvalue weighted by Crippen LogP contribution is -2.42. The van der Waals surface area contributed by atoms with E-state index in [2.05, 4.69) is 0 Å². The highest BCUT2D eigenvalue weighted by Gasteiger charge is 2.18. The van der Waals surface area contributed by atoms with Crippen molar-refractivity contribution < 1.29 is 14.4 Å². The standard InChI is InChI=1S/C14H11N2O3/c1-2-15-14(19)16(10-11-17)13(18)9-8-12-6-4-3-5-7-12/h1,3-9H,10H2,(H,15,19)/b9-8+. The van der Waals surface area contributed by atoms with Crippen LogP contribution in [-0.2, 0) is 9.59 Å². The predicted molar refractivity (Wildman–Crippen MR) is 70.2 cm³/mol. The Kier molecular flexibility index (Phi) is 5.57. The lowest BCUT2D eigenvalue weighted by molar-refractivity contribution is -0.122. The van der Waals surface area contributed by atoms with E-state index in [9.17, 15) is 14.4 Å². The Bertz CT molecular complexity index is 529. The fourth-order valence-corrected chi connectivity index (χ4v) is 1.27. The van der Waals surface area contributed by atoms with Crippen LogP contribution in [0.3, 0.4) is 0 Å². The lowest BCUT2D eigenvalue weighted by Gasteiger charge is -2.14. The molecule has 0 unspecified atom stereocenters. The van der Waals surface area contributed by atoms with Crippen LogP contribution in [-0.4, -0.2) is 29.7 Å². The second-order valence-corrected chi connectivity index (χ2v) is 3.39. The van der Waals surface area contributed by atoms with Crippen LogP contribution in [0, 0.1) is 12.5 Å². The minimum absolute atomic E-state index is 0.481. The summed E-state index contributed by atoms with van der Waals surface area (Å²) in [7, 11) is 0. The van der Waals surface area contributed by atoms with Gasteiger partial charge in [-0.25, -0.2) is 4.79 Å². The molecular weight excluding hydrogens is 244 g/mol. The Hall–Kier alpha value is -2.87. The van der Waals surface area contributed by atoms with Crippen molar-refractivity contribution in [2.75, 3.05) is 6.54 Å². The molecule has 1 aromatic rings. The van der Waals surface area contributed by atoms with Crippen LogP contribution in [0.2, 0.25) is 0 Å². The highest BCUT2D eigenvalue weighted by molar-refractivity contribution is 6.03. The number of imide groups is 1. The Labute approximate surface area is 110 Å². The quantitative estimate of drug-likeness (QED) is 0.494. The van der Waals surface area contributed by atoms with Gasteiger partial charge in [0.05, 0.1) is 6.54 Å². The van der Waals surface area contributed by atoms with E-state index >= 15 is 0 Å². The van der Waals surface area contributed by atoms with Gasteiger partial charge in [-0.3, -0.25) is 19.8 Å². The van der Waals surface area contributed by atoms with Crippen LogP contribution in [0.15, 0.2) is 36.4 Å². The molecule has 0 atom stereocenters. The predicted octanol–water partition coefficient (Wildman–Crippen LogP) is 0.938. The summed E-state index contributed by atoms with van der Waals surface area (Å²) in [4.78, 5) is 34.2. The number of carbonyl (C=O) groups excluding carboxylic acids is 3. The smallest absolute Gasteiger partial charge is 0.289 e. The van der Waals surface area contributed by atoms with Crippen molar-refractivity contribution in [1.82, 2.24) is 10.2 Å². The van der Waals surface area contributed by atoms with Gasteiger partial charge in [-0.05, 0) is 11.6 Å². The molecule has 0 fully saturated rings. The number of nitrogens with one attached hydrogen (secondary N) is 1. The second-order valence-electron chi connectivity index (χ2n) is 3.39. The lowest BCUT2D eigenvalue weighted by atomic mass is 10.2. The van der Waals surface area contributed by atoms with Crippen LogP contribution < -0.4 is 5.32 Å². The van der Waals surface area contributed by atoms with Crippen molar-refractivity contribution in [3.8, 4) is 12.5 Å². The number of hydrogen-bond acceptors (Lipinski definition) is 3. The van der Waals surface area contributed by atoms with E-state index in [0.717, 1.165) is 5.56 Å². The van der Waals surface area contributed by atoms with Gasteiger partial charge >= 0.3 is 6.03 Å². The molecule has 1 N–H and O–H groups in total. The SMILES string of the molecule is C#CNC(=O)N(C[C]=O)C(=O)/C=C/c1ccccc1. The van der Waals surface area contributed by atoms with E-state index in [1.54, 1.807) is 12.1 Å². The average molecular weight is 255 g/mol. The largest absolute Gasteiger partial charge is 0.336 e. The van der Waals surface area contributed by atoms with Gasteiger partial charge in [-0.1, -0.05) is 36.8 Å². The van der Waals surface area contributed by atoms with Crippen LogP contribution in [0.4, 0.5) is 4.79 Å². The minimum Gasteiger partial charge on any atom is -0.289 e. The van der Waals surface area contributed by atoms with Gasteiger partial charge in [0.1, 0.15) is 0 Å². The first-order valence-electron chi connectivity index (χ1n) is 5.34. The molecular formula is C14H11N2O3. The van der Waals surface area contributed by atoms with E-state index in [1.807, 2.05) is 29.6 Å². The number of carbonyl (C=O) groups is 2. The third kappa shape index (κ3) is 4.48. The molecule has 1 rings (SSSR count). The highest BCUT2D eigenvalue weighted by atomic mass is 16.2. The van der Waals surface area contributed by atoms with Crippen molar-refractivity contribution >= 4 is 24.3 Å². The molecule has 19 heavy (non-hydrogen) atoms. The number of rotatable bonds is 4. The molecule has 0 aliphatic rings. The van der Waals surface area contributed by atoms with Gasteiger partial charge < -0.3 is 0 Å². The van der Waals surface area contributed by atoms with E-state index in [-0.39, 0.29) is 0 Å². The molecule has 3 amide bonds. The monoisotopic (exact) mass is 255 g/mol. The molecule has 5 nitrogen and oxygen atoms in total. The van der Waals surface area contributed by atoms with Crippen molar-refractivity contribution in [1.29, 1.82) is 0 Å². The molecule has 0 heterocycles. The Balaban J connectivity index is 2.78. The molecule has 95 valence electrons. The van der Waals surface area contributed by atoms with E-state index in [4.69, 9.17) is 6.42 Å². The Morgan fingerprint density at radius 2 is 2.00 bits per heavy atom. The number of nitrogens with zero attached hydrogens (tertiary/aromatic N) is 1. The number of terminal acetylenes is 1. The zero-order chi connectivity index (χ0) is 14.1. The average Bonchev–Trinajstić information content (AvgIpc) is 2.43.